The standard InChI is InChI=1S/C16H14BrClO2/c17-15-4-2-1-3-12(15)10-13(16(19)20)9-11-5-7-14(18)8-6-11/h1-8,13H,9-10H2,(H,19,20). The molecular formula is C16H14BrClO2. The van der Waals surface area contributed by atoms with Crippen LogP contribution in [0.4, 0.5) is 0 Å². The van der Waals surface area contributed by atoms with Gasteiger partial charge in [-0.05, 0) is 42.2 Å². The summed E-state index contributed by atoms with van der Waals surface area (Å²) in [5, 5.41) is 10.1. The van der Waals surface area contributed by atoms with Gasteiger partial charge in [0.1, 0.15) is 0 Å². The van der Waals surface area contributed by atoms with Gasteiger partial charge in [0.25, 0.3) is 0 Å². The van der Waals surface area contributed by atoms with E-state index in [1.165, 1.54) is 0 Å². The van der Waals surface area contributed by atoms with Gasteiger partial charge in [0.15, 0.2) is 0 Å². The van der Waals surface area contributed by atoms with Crippen LogP contribution < -0.4 is 0 Å². The predicted molar refractivity (Wildman–Crippen MR) is 84.1 cm³/mol. The first-order valence-electron chi connectivity index (χ1n) is 6.27. The van der Waals surface area contributed by atoms with Crippen molar-refractivity contribution in [3.8, 4) is 0 Å². The SMILES string of the molecule is O=C(O)C(Cc1ccc(Cl)cc1)Cc1ccccc1Br. The van der Waals surface area contributed by atoms with Crippen LogP contribution in [-0.2, 0) is 17.6 Å². The number of hydrogen-bond acceptors (Lipinski definition) is 1. The molecule has 1 unspecified atom stereocenters. The zero-order chi connectivity index (χ0) is 14.5. The summed E-state index contributed by atoms with van der Waals surface area (Å²) in [6.07, 6.45) is 0.993. The Labute approximate surface area is 131 Å². The minimum absolute atomic E-state index is 0.449. The van der Waals surface area contributed by atoms with E-state index in [4.69, 9.17) is 11.6 Å². The van der Waals surface area contributed by atoms with Gasteiger partial charge in [-0.1, -0.05) is 57.9 Å². The molecule has 2 rings (SSSR count). The van der Waals surface area contributed by atoms with Crippen LogP contribution in [0.25, 0.3) is 0 Å². The third-order valence-electron chi connectivity index (χ3n) is 3.17. The molecule has 0 amide bonds. The first-order chi connectivity index (χ1) is 9.56. The Morgan fingerprint density at radius 3 is 2.35 bits per heavy atom. The summed E-state index contributed by atoms with van der Waals surface area (Å²) in [7, 11) is 0. The van der Waals surface area contributed by atoms with E-state index in [1.54, 1.807) is 12.1 Å². The van der Waals surface area contributed by atoms with E-state index in [1.807, 2.05) is 36.4 Å². The van der Waals surface area contributed by atoms with E-state index >= 15 is 0 Å². The maximum absolute atomic E-state index is 11.4. The molecule has 1 N–H and O–H groups in total. The highest BCUT2D eigenvalue weighted by molar-refractivity contribution is 9.10. The lowest BCUT2D eigenvalue weighted by atomic mass is 9.93. The molecule has 1 atom stereocenters. The minimum Gasteiger partial charge on any atom is -0.481 e. The van der Waals surface area contributed by atoms with Crippen LogP contribution in [0.15, 0.2) is 53.0 Å². The van der Waals surface area contributed by atoms with Gasteiger partial charge in [0.05, 0.1) is 5.92 Å². The second-order valence-corrected chi connectivity index (χ2v) is 5.95. The Balaban J connectivity index is 2.14. The zero-order valence-corrected chi connectivity index (χ0v) is 13.1. The highest BCUT2D eigenvalue weighted by Crippen LogP contribution is 2.22. The Kier molecular flexibility index (Phi) is 5.21. The number of halogens is 2. The van der Waals surface area contributed by atoms with Crippen molar-refractivity contribution in [3.63, 3.8) is 0 Å². The molecule has 0 aromatic heterocycles. The first-order valence-corrected chi connectivity index (χ1v) is 7.44. The third kappa shape index (κ3) is 4.09. The Morgan fingerprint density at radius 1 is 1.10 bits per heavy atom. The molecule has 0 heterocycles. The molecule has 4 heteroatoms. The minimum atomic E-state index is -0.782. The second kappa shape index (κ2) is 6.91. The highest BCUT2D eigenvalue weighted by Gasteiger charge is 2.19. The molecule has 0 aliphatic heterocycles. The normalized spacial score (nSPS) is 12.1. The van der Waals surface area contributed by atoms with E-state index in [0.717, 1.165) is 15.6 Å². The molecule has 0 radical (unpaired) electrons. The molecule has 2 aromatic rings. The van der Waals surface area contributed by atoms with E-state index < -0.39 is 11.9 Å². The summed E-state index contributed by atoms with van der Waals surface area (Å²) in [4.78, 5) is 11.4. The van der Waals surface area contributed by atoms with Crippen LogP contribution in [0.2, 0.25) is 5.02 Å². The Morgan fingerprint density at radius 2 is 1.75 bits per heavy atom. The molecule has 20 heavy (non-hydrogen) atoms. The number of hydrogen-bond donors (Lipinski definition) is 1. The molecule has 0 bridgehead atoms. The highest BCUT2D eigenvalue weighted by atomic mass is 79.9. The van der Waals surface area contributed by atoms with E-state index in [-0.39, 0.29) is 0 Å². The number of benzene rings is 2. The topological polar surface area (TPSA) is 37.3 Å². The molecule has 0 spiro atoms. The lowest BCUT2D eigenvalue weighted by Gasteiger charge is -2.13. The van der Waals surface area contributed by atoms with Crippen molar-refractivity contribution in [1.82, 2.24) is 0 Å². The molecule has 104 valence electrons. The Bertz CT molecular complexity index is 596. The van der Waals surface area contributed by atoms with Crippen molar-refractivity contribution in [2.45, 2.75) is 12.8 Å². The molecular weight excluding hydrogens is 340 g/mol. The molecule has 0 aliphatic carbocycles. The van der Waals surface area contributed by atoms with Crippen molar-refractivity contribution in [2.75, 3.05) is 0 Å². The fourth-order valence-corrected chi connectivity index (χ4v) is 2.65. The van der Waals surface area contributed by atoms with Gasteiger partial charge in [0.2, 0.25) is 0 Å². The van der Waals surface area contributed by atoms with Gasteiger partial charge in [-0.3, -0.25) is 4.79 Å². The van der Waals surface area contributed by atoms with Crippen molar-refractivity contribution in [3.05, 3.63) is 69.2 Å². The average molecular weight is 354 g/mol. The maximum Gasteiger partial charge on any atom is 0.307 e. The monoisotopic (exact) mass is 352 g/mol. The molecule has 0 aliphatic rings. The smallest absolute Gasteiger partial charge is 0.307 e. The number of carbonyl (C=O) groups is 1. The molecule has 0 fully saturated rings. The second-order valence-electron chi connectivity index (χ2n) is 4.66. The summed E-state index contributed by atoms with van der Waals surface area (Å²) in [6, 6.07) is 15.0. The maximum atomic E-state index is 11.4. The summed E-state index contributed by atoms with van der Waals surface area (Å²) in [5.74, 6) is -1.23. The zero-order valence-electron chi connectivity index (χ0n) is 10.7. The van der Waals surface area contributed by atoms with Crippen LogP contribution in [0, 0.1) is 5.92 Å². The van der Waals surface area contributed by atoms with Crippen LogP contribution in [0.1, 0.15) is 11.1 Å². The summed E-state index contributed by atoms with van der Waals surface area (Å²) < 4.78 is 0.947. The molecule has 0 saturated heterocycles. The van der Waals surface area contributed by atoms with Gasteiger partial charge in [0, 0.05) is 9.50 Å². The van der Waals surface area contributed by atoms with Gasteiger partial charge in [-0.25, -0.2) is 0 Å². The third-order valence-corrected chi connectivity index (χ3v) is 4.19. The summed E-state index contributed by atoms with van der Waals surface area (Å²) in [5.41, 5.74) is 1.99. The van der Waals surface area contributed by atoms with Crippen molar-refractivity contribution in [1.29, 1.82) is 0 Å². The van der Waals surface area contributed by atoms with E-state index in [9.17, 15) is 9.90 Å². The number of rotatable bonds is 5. The number of aliphatic carboxylic acids is 1. The van der Waals surface area contributed by atoms with E-state index in [0.29, 0.717) is 17.9 Å². The number of carboxylic acids is 1. The van der Waals surface area contributed by atoms with Crippen LogP contribution in [0.5, 0.6) is 0 Å². The number of carboxylic acid groups (broad SMARTS) is 1. The Hall–Kier alpha value is -1.32. The average Bonchev–Trinajstić information content (AvgIpc) is 2.42. The largest absolute Gasteiger partial charge is 0.481 e. The molecule has 2 aromatic carbocycles. The van der Waals surface area contributed by atoms with Gasteiger partial charge in [-0.15, -0.1) is 0 Å². The molecule has 0 saturated carbocycles. The van der Waals surface area contributed by atoms with Crippen molar-refractivity contribution < 1.29 is 9.90 Å². The van der Waals surface area contributed by atoms with Crippen LogP contribution >= 0.6 is 27.5 Å². The lowest BCUT2D eigenvalue weighted by molar-refractivity contribution is -0.141. The van der Waals surface area contributed by atoms with Crippen molar-refractivity contribution >= 4 is 33.5 Å². The van der Waals surface area contributed by atoms with E-state index in [2.05, 4.69) is 15.9 Å². The van der Waals surface area contributed by atoms with Gasteiger partial charge in [-0.2, -0.15) is 0 Å². The lowest BCUT2D eigenvalue weighted by Crippen LogP contribution is -2.19. The van der Waals surface area contributed by atoms with Gasteiger partial charge < -0.3 is 5.11 Å². The van der Waals surface area contributed by atoms with Crippen LogP contribution in [0.3, 0.4) is 0 Å². The quantitative estimate of drug-likeness (QED) is 0.853. The summed E-state index contributed by atoms with van der Waals surface area (Å²) in [6.45, 7) is 0. The summed E-state index contributed by atoms with van der Waals surface area (Å²) >= 11 is 9.30. The van der Waals surface area contributed by atoms with Gasteiger partial charge >= 0.3 is 5.97 Å². The fourth-order valence-electron chi connectivity index (χ4n) is 2.08. The first kappa shape index (κ1) is 15.1. The predicted octanol–water partition coefficient (Wildman–Crippen LogP) is 4.59. The van der Waals surface area contributed by atoms with Crippen LogP contribution in [-0.4, -0.2) is 11.1 Å². The van der Waals surface area contributed by atoms with Crippen molar-refractivity contribution in [2.24, 2.45) is 5.92 Å². The fraction of sp³-hybridized carbons (Fsp3) is 0.188. The molecule has 2 nitrogen and oxygen atoms in total.